The van der Waals surface area contributed by atoms with E-state index >= 15 is 0 Å². The molecule has 0 bridgehead atoms. The largest absolute Gasteiger partial charge is 0.465 e. The predicted octanol–water partition coefficient (Wildman–Crippen LogP) is 4.23. The number of halogens is 1. The standard InChI is InChI=1S/C22H20ClNO3/c1-2-27-21(26)22(16-8-10-17(23)11-9-16)18-12-13-19(25)24(20(18)22)14-15-6-4-3-5-7-15/h3-11H,2,12-14H2,1H3. The van der Waals surface area contributed by atoms with E-state index in [1.54, 1.807) is 24.0 Å². The second-order valence-electron chi connectivity index (χ2n) is 6.77. The average Bonchev–Trinajstić information content (AvgIpc) is 3.36. The molecule has 1 atom stereocenters. The summed E-state index contributed by atoms with van der Waals surface area (Å²) in [6.07, 6.45) is 0.987. The van der Waals surface area contributed by atoms with Gasteiger partial charge in [-0.2, -0.15) is 0 Å². The Morgan fingerprint density at radius 1 is 1.11 bits per heavy atom. The second-order valence-corrected chi connectivity index (χ2v) is 7.21. The number of nitrogens with zero attached hydrogens (tertiary/aromatic N) is 1. The van der Waals surface area contributed by atoms with E-state index in [-0.39, 0.29) is 11.9 Å². The number of ether oxygens (including phenoxy) is 1. The third-order valence-corrected chi connectivity index (χ3v) is 5.49. The fraction of sp³-hybridized carbons (Fsp3) is 0.273. The van der Waals surface area contributed by atoms with Gasteiger partial charge in [-0.05, 0) is 42.2 Å². The quantitative estimate of drug-likeness (QED) is 0.728. The van der Waals surface area contributed by atoms with Crippen molar-refractivity contribution in [1.82, 2.24) is 4.90 Å². The number of likely N-dealkylation sites (tertiary alicyclic amines) is 1. The highest BCUT2D eigenvalue weighted by Crippen LogP contribution is 2.61. The van der Waals surface area contributed by atoms with Gasteiger partial charge in [0, 0.05) is 17.1 Å². The van der Waals surface area contributed by atoms with E-state index < -0.39 is 5.41 Å². The molecule has 27 heavy (non-hydrogen) atoms. The monoisotopic (exact) mass is 381 g/mol. The van der Waals surface area contributed by atoms with E-state index in [9.17, 15) is 9.59 Å². The summed E-state index contributed by atoms with van der Waals surface area (Å²) in [4.78, 5) is 27.5. The SMILES string of the molecule is CCOC(=O)C1(c2ccc(Cl)cc2)C2=C1N(Cc1ccccc1)C(=O)CC2. The van der Waals surface area contributed by atoms with Crippen molar-refractivity contribution in [3.8, 4) is 0 Å². The van der Waals surface area contributed by atoms with Gasteiger partial charge < -0.3 is 9.64 Å². The lowest BCUT2D eigenvalue weighted by atomic mass is 9.88. The van der Waals surface area contributed by atoms with Crippen molar-refractivity contribution < 1.29 is 14.3 Å². The van der Waals surface area contributed by atoms with Crippen LogP contribution in [0.5, 0.6) is 0 Å². The van der Waals surface area contributed by atoms with Gasteiger partial charge in [-0.25, -0.2) is 0 Å². The number of rotatable bonds is 5. The van der Waals surface area contributed by atoms with E-state index in [2.05, 4.69) is 0 Å². The summed E-state index contributed by atoms with van der Waals surface area (Å²) in [6, 6.07) is 17.1. The maximum atomic E-state index is 13.0. The summed E-state index contributed by atoms with van der Waals surface area (Å²) in [7, 11) is 0. The van der Waals surface area contributed by atoms with Gasteiger partial charge in [0.25, 0.3) is 0 Å². The summed E-state index contributed by atoms with van der Waals surface area (Å²) in [6.45, 7) is 2.54. The second kappa shape index (κ2) is 6.86. The molecule has 0 spiro atoms. The Balaban J connectivity index is 1.75. The Hall–Kier alpha value is -2.59. The molecule has 0 aromatic heterocycles. The fourth-order valence-electron chi connectivity index (χ4n) is 4.00. The summed E-state index contributed by atoms with van der Waals surface area (Å²) in [5, 5.41) is 0.605. The lowest BCUT2D eigenvalue weighted by Crippen LogP contribution is -2.35. The third-order valence-electron chi connectivity index (χ3n) is 5.23. The molecule has 0 fully saturated rings. The van der Waals surface area contributed by atoms with Crippen molar-refractivity contribution in [3.05, 3.63) is 82.0 Å². The van der Waals surface area contributed by atoms with Crippen LogP contribution in [0, 0.1) is 0 Å². The van der Waals surface area contributed by atoms with Crippen molar-refractivity contribution in [2.45, 2.75) is 31.7 Å². The zero-order valence-electron chi connectivity index (χ0n) is 15.1. The van der Waals surface area contributed by atoms with Gasteiger partial charge in [0.15, 0.2) is 5.41 Å². The van der Waals surface area contributed by atoms with E-state index in [0.29, 0.717) is 31.0 Å². The van der Waals surface area contributed by atoms with Crippen LogP contribution in [0.15, 0.2) is 65.9 Å². The van der Waals surface area contributed by atoms with E-state index in [0.717, 1.165) is 22.4 Å². The molecule has 5 heteroatoms. The zero-order valence-corrected chi connectivity index (χ0v) is 15.8. The van der Waals surface area contributed by atoms with Crippen LogP contribution in [-0.2, 0) is 26.3 Å². The molecule has 0 radical (unpaired) electrons. The molecule has 2 aliphatic rings. The van der Waals surface area contributed by atoms with Gasteiger partial charge in [0.05, 0.1) is 13.2 Å². The van der Waals surface area contributed by atoms with Crippen LogP contribution in [0.1, 0.15) is 30.9 Å². The Morgan fingerprint density at radius 2 is 1.81 bits per heavy atom. The number of amides is 1. The van der Waals surface area contributed by atoms with Gasteiger partial charge >= 0.3 is 5.97 Å². The summed E-state index contributed by atoms with van der Waals surface area (Å²) < 4.78 is 5.43. The molecule has 1 amide bonds. The average molecular weight is 382 g/mol. The Morgan fingerprint density at radius 3 is 2.48 bits per heavy atom. The molecule has 1 aliphatic heterocycles. The van der Waals surface area contributed by atoms with Crippen molar-refractivity contribution in [3.63, 3.8) is 0 Å². The van der Waals surface area contributed by atoms with Gasteiger partial charge in [-0.3, -0.25) is 9.59 Å². The first-order chi connectivity index (χ1) is 13.1. The Labute approximate surface area is 163 Å². The number of hydrogen-bond acceptors (Lipinski definition) is 3. The van der Waals surface area contributed by atoms with Crippen LogP contribution >= 0.6 is 11.6 Å². The van der Waals surface area contributed by atoms with Crippen LogP contribution in [0.25, 0.3) is 0 Å². The molecule has 0 saturated heterocycles. The number of carbonyl (C=O) groups excluding carboxylic acids is 2. The molecule has 4 rings (SSSR count). The molecular formula is C22H20ClNO3. The molecule has 1 heterocycles. The fourth-order valence-corrected chi connectivity index (χ4v) is 4.13. The number of carbonyl (C=O) groups is 2. The molecule has 2 aromatic carbocycles. The van der Waals surface area contributed by atoms with Crippen LogP contribution in [-0.4, -0.2) is 23.4 Å². The maximum Gasteiger partial charge on any atom is 0.326 e. The van der Waals surface area contributed by atoms with Crippen LogP contribution in [0.2, 0.25) is 5.02 Å². The van der Waals surface area contributed by atoms with Crippen LogP contribution in [0.3, 0.4) is 0 Å². The van der Waals surface area contributed by atoms with Crippen molar-refractivity contribution in [1.29, 1.82) is 0 Å². The molecule has 4 nitrogen and oxygen atoms in total. The molecule has 0 saturated carbocycles. The number of benzene rings is 2. The van der Waals surface area contributed by atoms with Crippen molar-refractivity contribution in [2.75, 3.05) is 6.61 Å². The smallest absolute Gasteiger partial charge is 0.326 e. The maximum absolute atomic E-state index is 13.0. The van der Waals surface area contributed by atoms with Gasteiger partial charge in [-0.15, -0.1) is 0 Å². The normalized spacial score (nSPS) is 21.1. The summed E-state index contributed by atoms with van der Waals surface area (Å²) in [5.41, 5.74) is 2.65. The highest BCUT2D eigenvalue weighted by Gasteiger charge is 2.65. The molecule has 2 aromatic rings. The minimum Gasteiger partial charge on any atom is -0.465 e. The summed E-state index contributed by atoms with van der Waals surface area (Å²) in [5.74, 6) is -0.275. The molecule has 0 N–H and O–H groups in total. The minimum absolute atomic E-state index is 0.0396. The highest BCUT2D eigenvalue weighted by atomic mass is 35.5. The molecule has 1 unspecified atom stereocenters. The van der Waals surface area contributed by atoms with E-state index in [1.807, 2.05) is 42.5 Å². The topological polar surface area (TPSA) is 46.6 Å². The predicted molar refractivity (Wildman–Crippen MR) is 103 cm³/mol. The highest BCUT2D eigenvalue weighted by molar-refractivity contribution is 6.30. The van der Waals surface area contributed by atoms with Gasteiger partial charge in [0.1, 0.15) is 0 Å². The zero-order chi connectivity index (χ0) is 19.0. The summed E-state index contributed by atoms with van der Waals surface area (Å²) >= 11 is 6.04. The Bertz CT molecular complexity index is 920. The van der Waals surface area contributed by atoms with Crippen molar-refractivity contribution in [2.24, 2.45) is 0 Å². The lowest BCUT2D eigenvalue weighted by molar-refractivity contribution is -0.146. The Kier molecular flexibility index (Phi) is 4.52. The van der Waals surface area contributed by atoms with Crippen molar-refractivity contribution >= 4 is 23.5 Å². The number of hydrogen-bond donors (Lipinski definition) is 0. The van der Waals surface area contributed by atoms with Crippen LogP contribution < -0.4 is 0 Å². The van der Waals surface area contributed by atoms with Gasteiger partial charge in [-0.1, -0.05) is 54.1 Å². The van der Waals surface area contributed by atoms with Crippen LogP contribution in [0.4, 0.5) is 0 Å². The third kappa shape index (κ3) is 2.85. The van der Waals surface area contributed by atoms with Gasteiger partial charge in [0.2, 0.25) is 5.91 Å². The molecule has 1 aliphatic carbocycles. The first-order valence-electron chi connectivity index (χ1n) is 9.10. The van der Waals surface area contributed by atoms with E-state index in [1.165, 1.54) is 0 Å². The lowest BCUT2D eigenvalue weighted by Gasteiger charge is -2.25. The first kappa shape index (κ1) is 17.8. The number of esters is 1. The first-order valence-corrected chi connectivity index (χ1v) is 9.48. The van der Waals surface area contributed by atoms with E-state index in [4.69, 9.17) is 16.3 Å². The molecule has 138 valence electrons. The molecular weight excluding hydrogens is 362 g/mol. The minimum atomic E-state index is -0.957.